The van der Waals surface area contributed by atoms with Gasteiger partial charge in [-0.2, -0.15) is 0 Å². The standard InChI is InChI=1S/C9H16N2O3/c1-2-6(10)5-7(12)11-9(3-4-9)8(13)14/h6H,2-5,10H2,1H3,(H,11,12)(H,13,14). The van der Waals surface area contributed by atoms with Crippen LogP contribution in [0.2, 0.25) is 0 Å². The topological polar surface area (TPSA) is 92.4 Å². The molecule has 4 N–H and O–H groups in total. The monoisotopic (exact) mass is 200 g/mol. The summed E-state index contributed by atoms with van der Waals surface area (Å²) in [5, 5.41) is 11.3. The third kappa shape index (κ3) is 2.45. The fourth-order valence-electron chi connectivity index (χ4n) is 1.22. The number of rotatable bonds is 5. The molecule has 0 radical (unpaired) electrons. The number of hydrogen-bond acceptors (Lipinski definition) is 3. The van der Waals surface area contributed by atoms with E-state index in [1.54, 1.807) is 0 Å². The van der Waals surface area contributed by atoms with Gasteiger partial charge in [0.05, 0.1) is 0 Å². The normalized spacial score (nSPS) is 19.9. The molecule has 1 aliphatic carbocycles. The molecule has 0 bridgehead atoms. The molecule has 1 unspecified atom stereocenters. The van der Waals surface area contributed by atoms with Crippen LogP contribution in [-0.2, 0) is 9.59 Å². The predicted octanol–water partition coefficient (Wildman–Crippen LogP) is -0.153. The zero-order valence-corrected chi connectivity index (χ0v) is 8.25. The van der Waals surface area contributed by atoms with Crippen LogP contribution in [0.25, 0.3) is 0 Å². The number of nitrogens with two attached hydrogens (primary N) is 1. The van der Waals surface area contributed by atoms with Gasteiger partial charge in [-0.25, -0.2) is 4.79 Å². The van der Waals surface area contributed by atoms with E-state index in [1.165, 1.54) is 0 Å². The Bertz CT molecular complexity index is 248. The maximum absolute atomic E-state index is 11.3. The molecule has 5 heteroatoms. The number of nitrogens with one attached hydrogen (secondary N) is 1. The highest BCUT2D eigenvalue weighted by Crippen LogP contribution is 2.35. The lowest BCUT2D eigenvalue weighted by atomic mass is 10.1. The van der Waals surface area contributed by atoms with Crippen molar-refractivity contribution in [3.8, 4) is 0 Å². The van der Waals surface area contributed by atoms with Crippen molar-refractivity contribution < 1.29 is 14.7 Å². The van der Waals surface area contributed by atoms with Gasteiger partial charge in [-0.15, -0.1) is 0 Å². The lowest BCUT2D eigenvalue weighted by Crippen LogP contribution is -2.44. The van der Waals surface area contributed by atoms with Crippen LogP contribution in [0.3, 0.4) is 0 Å². The predicted molar refractivity (Wildman–Crippen MR) is 50.6 cm³/mol. The summed E-state index contributed by atoms with van der Waals surface area (Å²) in [5.41, 5.74) is 4.60. The average molecular weight is 200 g/mol. The first kappa shape index (κ1) is 11.0. The summed E-state index contributed by atoms with van der Waals surface area (Å²) in [4.78, 5) is 22.0. The molecule has 5 nitrogen and oxygen atoms in total. The number of carbonyl (C=O) groups excluding carboxylic acids is 1. The van der Waals surface area contributed by atoms with E-state index in [1.807, 2.05) is 6.92 Å². The fraction of sp³-hybridized carbons (Fsp3) is 0.778. The van der Waals surface area contributed by atoms with Crippen molar-refractivity contribution in [1.29, 1.82) is 0 Å². The van der Waals surface area contributed by atoms with Gasteiger partial charge in [0.1, 0.15) is 5.54 Å². The van der Waals surface area contributed by atoms with Crippen LogP contribution < -0.4 is 11.1 Å². The number of amides is 1. The summed E-state index contributed by atoms with van der Waals surface area (Å²) in [6.45, 7) is 1.89. The van der Waals surface area contributed by atoms with E-state index in [-0.39, 0.29) is 18.4 Å². The van der Waals surface area contributed by atoms with Gasteiger partial charge in [-0.05, 0) is 19.3 Å². The highest BCUT2D eigenvalue weighted by molar-refractivity contribution is 5.89. The number of carboxylic acids is 1. The largest absolute Gasteiger partial charge is 0.480 e. The third-order valence-electron chi connectivity index (χ3n) is 2.51. The van der Waals surface area contributed by atoms with Crippen molar-refractivity contribution in [2.45, 2.75) is 44.2 Å². The molecular formula is C9H16N2O3. The molecule has 0 spiro atoms. The summed E-state index contributed by atoms with van der Waals surface area (Å²) in [6, 6.07) is -0.181. The lowest BCUT2D eigenvalue weighted by molar-refractivity contribution is -0.143. The van der Waals surface area contributed by atoms with E-state index in [4.69, 9.17) is 10.8 Å². The summed E-state index contributed by atoms with van der Waals surface area (Å²) in [5.74, 6) is -1.21. The van der Waals surface area contributed by atoms with Gasteiger partial charge in [0, 0.05) is 12.5 Å². The maximum atomic E-state index is 11.3. The average Bonchev–Trinajstić information content (AvgIpc) is 2.85. The Morgan fingerprint density at radius 2 is 2.14 bits per heavy atom. The van der Waals surface area contributed by atoms with E-state index in [0.717, 1.165) is 0 Å². The molecule has 1 saturated carbocycles. The number of aliphatic carboxylic acids is 1. The van der Waals surface area contributed by atoms with Crippen LogP contribution in [0.15, 0.2) is 0 Å². The minimum atomic E-state index is -0.982. The first-order valence-electron chi connectivity index (χ1n) is 4.80. The maximum Gasteiger partial charge on any atom is 0.329 e. The van der Waals surface area contributed by atoms with E-state index in [0.29, 0.717) is 19.3 Å². The summed E-state index contributed by atoms with van der Waals surface area (Å²) >= 11 is 0. The Balaban J connectivity index is 2.38. The quantitative estimate of drug-likeness (QED) is 0.575. The van der Waals surface area contributed by atoms with Crippen molar-refractivity contribution >= 4 is 11.9 Å². The molecule has 0 saturated heterocycles. The Labute approximate surface area is 82.7 Å². The van der Waals surface area contributed by atoms with E-state index < -0.39 is 11.5 Å². The number of hydrogen-bond donors (Lipinski definition) is 3. The second kappa shape index (κ2) is 3.96. The molecule has 1 atom stereocenters. The van der Waals surface area contributed by atoms with Crippen molar-refractivity contribution in [2.24, 2.45) is 5.73 Å². The fourth-order valence-corrected chi connectivity index (χ4v) is 1.22. The Hall–Kier alpha value is -1.10. The molecule has 1 rings (SSSR count). The van der Waals surface area contributed by atoms with Crippen LogP contribution in [0.1, 0.15) is 32.6 Å². The summed E-state index contributed by atoms with van der Waals surface area (Å²) < 4.78 is 0. The highest BCUT2D eigenvalue weighted by atomic mass is 16.4. The SMILES string of the molecule is CCC(N)CC(=O)NC1(C(=O)O)CC1. The van der Waals surface area contributed by atoms with Gasteiger partial charge in [0.25, 0.3) is 0 Å². The van der Waals surface area contributed by atoms with Crippen molar-refractivity contribution in [3.05, 3.63) is 0 Å². The van der Waals surface area contributed by atoms with E-state index in [9.17, 15) is 9.59 Å². The van der Waals surface area contributed by atoms with Crippen LogP contribution in [0.4, 0.5) is 0 Å². The molecule has 0 aromatic rings. The number of carboxylic acid groups (broad SMARTS) is 1. The molecule has 0 aliphatic heterocycles. The number of carbonyl (C=O) groups is 2. The van der Waals surface area contributed by atoms with Gasteiger partial charge < -0.3 is 16.2 Å². The Kier molecular flexibility index (Phi) is 3.10. The molecule has 0 aromatic carbocycles. The van der Waals surface area contributed by atoms with Crippen LogP contribution >= 0.6 is 0 Å². The minimum Gasteiger partial charge on any atom is -0.480 e. The summed E-state index contributed by atoms with van der Waals surface area (Å²) in [7, 11) is 0. The zero-order chi connectivity index (χ0) is 10.8. The van der Waals surface area contributed by atoms with Gasteiger partial charge in [-0.1, -0.05) is 6.92 Å². The van der Waals surface area contributed by atoms with Crippen LogP contribution in [-0.4, -0.2) is 28.6 Å². The first-order chi connectivity index (χ1) is 6.50. The molecule has 80 valence electrons. The lowest BCUT2D eigenvalue weighted by Gasteiger charge is -2.14. The van der Waals surface area contributed by atoms with E-state index >= 15 is 0 Å². The Morgan fingerprint density at radius 3 is 2.50 bits per heavy atom. The second-order valence-corrected chi connectivity index (χ2v) is 3.81. The van der Waals surface area contributed by atoms with Crippen molar-refractivity contribution in [1.82, 2.24) is 5.32 Å². The molecule has 1 amide bonds. The zero-order valence-electron chi connectivity index (χ0n) is 8.25. The highest BCUT2D eigenvalue weighted by Gasteiger charge is 2.51. The molecular weight excluding hydrogens is 184 g/mol. The molecule has 0 aromatic heterocycles. The second-order valence-electron chi connectivity index (χ2n) is 3.81. The van der Waals surface area contributed by atoms with Crippen molar-refractivity contribution in [3.63, 3.8) is 0 Å². The van der Waals surface area contributed by atoms with Crippen LogP contribution in [0, 0.1) is 0 Å². The molecule has 14 heavy (non-hydrogen) atoms. The smallest absolute Gasteiger partial charge is 0.329 e. The van der Waals surface area contributed by atoms with Gasteiger partial charge in [0.15, 0.2) is 0 Å². The van der Waals surface area contributed by atoms with Crippen LogP contribution in [0.5, 0.6) is 0 Å². The first-order valence-corrected chi connectivity index (χ1v) is 4.80. The van der Waals surface area contributed by atoms with Gasteiger partial charge in [-0.3, -0.25) is 4.79 Å². The molecule has 0 heterocycles. The third-order valence-corrected chi connectivity index (χ3v) is 2.51. The van der Waals surface area contributed by atoms with Gasteiger partial charge in [0.2, 0.25) is 5.91 Å². The summed E-state index contributed by atoms with van der Waals surface area (Å²) in [6.07, 6.45) is 1.96. The van der Waals surface area contributed by atoms with Crippen molar-refractivity contribution in [2.75, 3.05) is 0 Å². The van der Waals surface area contributed by atoms with E-state index in [2.05, 4.69) is 5.32 Å². The Morgan fingerprint density at radius 1 is 1.57 bits per heavy atom. The molecule has 1 aliphatic rings. The minimum absolute atomic E-state index is 0.181. The van der Waals surface area contributed by atoms with Gasteiger partial charge >= 0.3 is 5.97 Å². The molecule has 1 fully saturated rings.